The first-order chi connectivity index (χ1) is 16.2. The zero-order chi connectivity index (χ0) is 25.3. The van der Waals surface area contributed by atoms with Gasteiger partial charge in [0.05, 0.1) is 20.3 Å². The van der Waals surface area contributed by atoms with E-state index in [1.165, 1.54) is 24.2 Å². The molecule has 182 valence electrons. The van der Waals surface area contributed by atoms with Crippen LogP contribution >= 0.6 is 0 Å². The van der Waals surface area contributed by atoms with E-state index in [2.05, 4.69) is 10.7 Å². The molecule has 2 aromatic rings. The van der Waals surface area contributed by atoms with E-state index in [0.29, 0.717) is 22.6 Å². The molecule has 1 heterocycles. The predicted molar refractivity (Wildman–Crippen MR) is 125 cm³/mol. The monoisotopic (exact) mass is 473 g/mol. The highest BCUT2D eigenvalue weighted by atomic mass is 16.5. The highest BCUT2D eigenvalue weighted by Gasteiger charge is 2.20. The fourth-order valence-corrected chi connectivity index (χ4v) is 3.11. The van der Waals surface area contributed by atoms with Crippen LogP contribution in [-0.2, 0) is 19.1 Å². The van der Waals surface area contributed by atoms with Crippen LogP contribution < -0.4 is 20.9 Å². The van der Waals surface area contributed by atoms with Crippen molar-refractivity contribution in [1.29, 1.82) is 0 Å². The van der Waals surface area contributed by atoms with Crippen molar-refractivity contribution in [3.63, 3.8) is 0 Å². The molecule has 3 N–H and O–H groups in total. The van der Waals surface area contributed by atoms with E-state index in [4.69, 9.17) is 14.2 Å². The Hall–Kier alpha value is -4.24. The molecule has 1 aromatic carbocycles. The lowest BCUT2D eigenvalue weighted by Gasteiger charge is -2.25. The lowest BCUT2D eigenvalue weighted by molar-refractivity contribution is -0.142. The number of anilines is 1. The zero-order valence-electron chi connectivity index (χ0n) is 19.4. The number of nitrogens with zero attached hydrogens (tertiary/aromatic N) is 1. The van der Waals surface area contributed by atoms with Gasteiger partial charge in [-0.15, -0.1) is 5.73 Å². The Morgan fingerprint density at radius 1 is 1.06 bits per heavy atom. The minimum Gasteiger partial charge on any atom is -0.496 e. The average molecular weight is 473 g/mol. The molecule has 11 nitrogen and oxygen atoms in total. The largest absolute Gasteiger partial charge is 0.496 e. The van der Waals surface area contributed by atoms with Crippen molar-refractivity contribution < 1.29 is 28.9 Å². The molecule has 0 aliphatic carbocycles. The van der Waals surface area contributed by atoms with Gasteiger partial charge in [-0.25, -0.2) is 4.79 Å². The molecular formula is C23H27N3O8. The second-order valence-electron chi connectivity index (χ2n) is 6.97. The Labute approximate surface area is 195 Å². The van der Waals surface area contributed by atoms with Crippen LogP contribution in [0.15, 0.2) is 27.5 Å². The minimum atomic E-state index is -0.827. The highest BCUT2D eigenvalue weighted by Crippen LogP contribution is 2.30. The number of aromatic hydroxyl groups is 1. The topological polar surface area (TPSA) is 151 Å². The molecule has 1 aromatic heterocycles. The van der Waals surface area contributed by atoms with E-state index in [9.17, 15) is 24.3 Å². The molecule has 0 atom stereocenters. The molecule has 0 aliphatic rings. The molecule has 0 bridgehead atoms. The van der Waals surface area contributed by atoms with Gasteiger partial charge in [-0.1, -0.05) is 0 Å². The van der Waals surface area contributed by atoms with Crippen LogP contribution in [0.25, 0.3) is 12.2 Å². The van der Waals surface area contributed by atoms with Crippen molar-refractivity contribution in [1.82, 2.24) is 9.97 Å². The van der Waals surface area contributed by atoms with Crippen molar-refractivity contribution in [2.24, 2.45) is 0 Å². The van der Waals surface area contributed by atoms with Crippen LogP contribution in [0.2, 0.25) is 0 Å². The third kappa shape index (κ3) is 6.88. The van der Waals surface area contributed by atoms with Crippen LogP contribution in [-0.4, -0.2) is 60.4 Å². The van der Waals surface area contributed by atoms with E-state index in [1.807, 2.05) is 4.98 Å². The fraction of sp³-hybridized carbons (Fsp3) is 0.348. The average Bonchev–Trinajstić information content (AvgIpc) is 2.75. The number of hydrogen-bond donors (Lipinski definition) is 3. The number of carbonyl (C=O) groups is 2. The zero-order valence-corrected chi connectivity index (χ0v) is 19.4. The third-order valence-corrected chi connectivity index (χ3v) is 4.56. The molecule has 0 unspecified atom stereocenters. The van der Waals surface area contributed by atoms with Crippen LogP contribution in [0.1, 0.15) is 30.5 Å². The number of ether oxygens (including phenoxy) is 3. The SMILES string of the molecule is CCOC(=O)CN(CC(=O)OCC)c1cc(OC)c(C=C=Cc2c(O)[nH]c(=O)[nH]c2=O)cc1C. The van der Waals surface area contributed by atoms with Crippen LogP contribution in [0.3, 0.4) is 0 Å². The Bertz CT molecular complexity index is 1200. The lowest BCUT2D eigenvalue weighted by atomic mass is 10.1. The maximum Gasteiger partial charge on any atom is 0.328 e. The number of carbonyl (C=O) groups excluding carboxylic acids is 2. The van der Waals surface area contributed by atoms with E-state index in [-0.39, 0.29) is 31.9 Å². The molecule has 34 heavy (non-hydrogen) atoms. The van der Waals surface area contributed by atoms with Gasteiger partial charge in [-0.2, -0.15) is 0 Å². The van der Waals surface area contributed by atoms with Gasteiger partial charge in [0.2, 0.25) is 5.88 Å². The van der Waals surface area contributed by atoms with Gasteiger partial charge in [0.1, 0.15) is 24.4 Å². The molecule has 0 aliphatic heterocycles. The predicted octanol–water partition coefficient (Wildman–Crippen LogP) is 1.34. The number of esters is 2. The van der Waals surface area contributed by atoms with E-state index in [0.717, 1.165) is 0 Å². The number of hydrogen-bond acceptors (Lipinski definition) is 9. The van der Waals surface area contributed by atoms with Crippen molar-refractivity contribution in [2.75, 3.05) is 38.3 Å². The molecule has 0 saturated heterocycles. The summed E-state index contributed by atoms with van der Waals surface area (Å²) in [4.78, 5) is 52.9. The van der Waals surface area contributed by atoms with Gasteiger partial charge >= 0.3 is 17.6 Å². The first kappa shape index (κ1) is 26.0. The summed E-state index contributed by atoms with van der Waals surface area (Å²) in [6, 6.07) is 3.40. The van der Waals surface area contributed by atoms with Crippen molar-refractivity contribution in [2.45, 2.75) is 20.8 Å². The second-order valence-corrected chi connectivity index (χ2v) is 6.97. The molecule has 0 radical (unpaired) electrons. The summed E-state index contributed by atoms with van der Waals surface area (Å²) in [5, 5.41) is 9.77. The van der Waals surface area contributed by atoms with Gasteiger partial charge in [0.25, 0.3) is 5.56 Å². The number of nitrogens with one attached hydrogen (secondary N) is 2. The van der Waals surface area contributed by atoms with E-state index in [1.54, 1.807) is 32.9 Å². The maximum atomic E-state index is 12.1. The van der Waals surface area contributed by atoms with Crippen LogP contribution in [0.4, 0.5) is 5.69 Å². The van der Waals surface area contributed by atoms with Gasteiger partial charge in [0, 0.05) is 17.3 Å². The van der Waals surface area contributed by atoms with Gasteiger partial charge < -0.3 is 24.2 Å². The van der Waals surface area contributed by atoms with Crippen LogP contribution in [0.5, 0.6) is 11.6 Å². The smallest absolute Gasteiger partial charge is 0.328 e. The number of benzene rings is 1. The lowest BCUT2D eigenvalue weighted by Crippen LogP contribution is -2.36. The molecule has 0 fully saturated rings. The van der Waals surface area contributed by atoms with Gasteiger partial charge in [-0.05, 0) is 44.6 Å². The highest BCUT2D eigenvalue weighted by molar-refractivity contribution is 5.83. The molecule has 2 rings (SSSR count). The summed E-state index contributed by atoms with van der Waals surface area (Å²) in [5.74, 6) is -1.17. The number of rotatable bonds is 10. The van der Waals surface area contributed by atoms with E-state index >= 15 is 0 Å². The Balaban J connectivity index is 2.45. The van der Waals surface area contributed by atoms with Crippen molar-refractivity contribution >= 4 is 29.8 Å². The van der Waals surface area contributed by atoms with Gasteiger partial charge in [0.15, 0.2) is 0 Å². The molecule has 0 spiro atoms. The Morgan fingerprint density at radius 2 is 1.68 bits per heavy atom. The summed E-state index contributed by atoms with van der Waals surface area (Å²) in [7, 11) is 1.45. The van der Waals surface area contributed by atoms with E-state index < -0.39 is 29.1 Å². The van der Waals surface area contributed by atoms with Gasteiger partial charge in [-0.3, -0.25) is 24.4 Å². The Morgan fingerprint density at radius 3 is 2.21 bits per heavy atom. The summed E-state index contributed by atoms with van der Waals surface area (Å²) < 4.78 is 15.5. The summed E-state index contributed by atoms with van der Waals surface area (Å²) in [5.41, 5.74) is 2.86. The Kier molecular flexibility index (Phi) is 9.27. The number of methoxy groups -OCH3 is 1. The summed E-state index contributed by atoms with van der Waals surface area (Å²) >= 11 is 0. The number of aryl methyl sites for hydroxylation is 1. The molecular weight excluding hydrogens is 446 g/mol. The fourth-order valence-electron chi connectivity index (χ4n) is 3.11. The number of H-pyrrole nitrogens is 2. The molecule has 0 saturated carbocycles. The van der Waals surface area contributed by atoms with Crippen molar-refractivity contribution in [3.8, 4) is 11.6 Å². The third-order valence-electron chi connectivity index (χ3n) is 4.56. The number of aromatic nitrogens is 2. The normalized spacial score (nSPS) is 10.1. The second kappa shape index (κ2) is 12.1. The first-order valence-electron chi connectivity index (χ1n) is 10.4. The molecule has 11 heteroatoms. The first-order valence-corrected chi connectivity index (χ1v) is 10.4. The quantitative estimate of drug-likeness (QED) is 0.343. The van der Waals surface area contributed by atoms with Crippen molar-refractivity contribution in [3.05, 3.63) is 55.4 Å². The van der Waals surface area contributed by atoms with Crippen LogP contribution in [0, 0.1) is 6.92 Å². The minimum absolute atomic E-state index is 0.167. The summed E-state index contributed by atoms with van der Waals surface area (Å²) in [6.07, 6.45) is 2.72. The standard InChI is InChI=1S/C23H27N3O8/c1-5-33-19(27)12-26(13-20(28)34-6-2)17-11-18(32-4)15(10-14(17)3)8-7-9-16-21(29)24-23(31)25-22(16)30/h8-11H,5-6,12-13H2,1-4H3,(H3,24,25,29,30,31). The number of aromatic amines is 2. The maximum absolute atomic E-state index is 12.1. The summed E-state index contributed by atoms with van der Waals surface area (Å²) in [6.45, 7) is 5.25. The molecule has 0 amide bonds.